The number of carbonyl (C=O) groups is 2. The van der Waals surface area contributed by atoms with Crippen LogP contribution in [-0.2, 0) is 9.59 Å². The summed E-state index contributed by atoms with van der Waals surface area (Å²) in [6, 6.07) is -0.559. The van der Waals surface area contributed by atoms with Gasteiger partial charge in [0.2, 0.25) is 5.91 Å². The molecule has 0 aromatic rings. The summed E-state index contributed by atoms with van der Waals surface area (Å²) in [6.45, 7) is 7.86. The number of ketones is 1. The van der Waals surface area contributed by atoms with Crippen molar-refractivity contribution in [3.8, 4) is 0 Å². The molecule has 3 atom stereocenters. The summed E-state index contributed by atoms with van der Waals surface area (Å²) in [5.41, 5.74) is 10.8. The van der Waals surface area contributed by atoms with Crippen LogP contribution in [0, 0.1) is 11.8 Å². The number of rotatable bonds is 7. The van der Waals surface area contributed by atoms with Crippen molar-refractivity contribution in [2.24, 2.45) is 23.3 Å². The maximum atomic E-state index is 11.8. The molecule has 5 nitrogen and oxygen atoms in total. The van der Waals surface area contributed by atoms with E-state index in [0.29, 0.717) is 5.92 Å². The molecule has 0 saturated carbocycles. The van der Waals surface area contributed by atoms with Crippen LogP contribution in [0.15, 0.2) is 0 Å². The second kappa shape index (κ2) is 7.40. The molecule has 0 aromatic heterocycles. The summed E-state index contributed by atoms with van der Waals surface area (Å²) in [5, 5.41) is 2.88. The summed E-state index contributed by atoms with van der Waals surface area (Å²) in [7, 11) is 0. The van der Waals surface area contributed by atoms with E-state index in [9.17, 15) is 9.59 Å². The quantitative estimate of drug-likeness (QED) is 0.587. The van der Waals surface area contributed by atoms with Crippen molar-refractivity contribution in [3.05, 3.63) is 0 Å². The Balaban J connectivity index is 4.19. The van der Waals surface area contributed by atoms with Crippen molar-refractivity contribution < 1.29 is 9.59 Å². The first-order chi connectivity index (χ1) is 7.79. The highest BCUT2D eigenvalue weighted by Crippen LogP contribution is 2.07. The lowest BCUT2D eigenvalue weighted by Crippen LogP contribution is -2.42. The molecule has 0 fully saturated rings. The van der Waals surface area contributed by atoms with Crippen LogP contribution in [-0.4, -0.2) is 30.3 Å². The predicted molar refractivity (Wildman–Crippen MR) is 68.3 cm³/mol. The van der Waals surface area contributed by atoms with Crippen LogP contribution >= 0.6 is 0 Å². The van der Waals surface area contributed by atoms with Crippen LogP contribution in [0.3, 0.4) is 0 Å². The second-order valence-electron chi connectivity index (χ2n) is 4.95. The number of nitrogens with two attached hydrogens (primary N) is 2. The van der Waals surface area contributed by atoms with Crippen LogP contribution in [0.25, 0.3) is 0 Å². The van der Waals surface area contributed by atoms with Gasteiger partial charge in [-0.25, -0.2) is 0 Å². The molecule has 0 aromatic carbocycles. The molecule has 17 heavy (non-hydrogen) atoms. The van der Waals surface area contributed by atoms with Crippen molar-refractivity contribution in [2.75, 3.05) is 6.54 Å². The Bertz CT molecular complexity index is 266. The van der Waals surface area contributed by atoms with Crippen molar-refractivity contribution in [2.45, 2.75) is 46.2 Å². The lowest BCUT2D eigenvalue weighted by Gasteiger charge is -2.20. The average Bonchev–Trinajstić information content (AvgIpc) is 2.27. The van der Waals surface area contributed by atoms with E-state index in [1.807, 2.05) is 20.8 Å². The van der Waals surface area contributed by atoms with E-state index in [-0.39, 0.29) is 36.6 Å². The fraction of sp³-hybridized carbons (Fsp3) is 0.833. The van der Waals surface area contributed by atoms with Gasteiger partial charge in [-0.15, -0.1) is 0 Å². The highest BCUT2D eigenvalue weighted by Gasteiger charge is 2.22. The Hall–Kier alpha value is -0.940. The second-order valence-corrected chi connectivity index (χ2v) is 4.95. The van der Waals surface area contributed by atoms with E-state index in [1.54, 1.807) is 6.92 Å². The maximum absolute atomic E-state index is 11.8. The fourth-order valence-electron chi connectivity index (χ4n) is 1.21. The van der Waals surface area contributed by atoms with E-state index in [2.05, 4.69) is 5.32 Å². The number of hydrogen-bond donors (Lipinski definition) is 3. The van der Waals surface area contributed by atoms with Crippen molar-refractivity contribution in [3.63, 3.8) is 0 Å². The zero-order chi connectivity index (χ0) is 13.6. The molecule has 100 valence electrons. The third-order valence-electron chi connectivity index (χ3n) is 2.99. The van der Waals surface area contributed by atoms with Crippen LogP contribution in [0.1, 0.15) is 34.1 Å². The Labute approximate surface area is 103 Å². The molecule has 0 heterocycles. The van der Waals surface area contributed by atoms with Gasteiger partial charge >= 0.3 is 0 Å². The van der Waals surface area contributed by atoms with E-state index < -0.39 is 6.04 Å². The van der Waals surface area contributed by atoms with Crippen LogP contribution in [0.5, 0.6) is 0 Å². The first-order valence-corrected chi connectivity index (χ1v) is 6.08. The Morgan fingerprint density at radius 2 is 1.71 bits per heavy atom. The highest BCUT2D eigenvalue weighted by atomic mass is 16.2. The van der Waals surface area contributed by atoms with Crippen LogP contribution < -0.4 is 16.8 Å². The SMILES string of the molecule is CC(C)[C@@H](C)NC(=O)[C@H](C)CC(=O)C(N)CN. The molecule has 0 aliphatic heterocycles. The molecule has 0 spiro atoms. The Kier molecular flexibility index (Phi) is 6.99. The van der Waals surface area contributed by atoms with Gasteiger partial charge < -0.3 is 16.8 Å². The fourth-order valence-corrected chi connectivity index (χ4v) is 1.21. The molecule has 0 saturated heterocycles. The number of hydrogen-bond acceptors (Lipinski definition) is 4. The molecule has 0 bridgehead atoms. The molecule has 0 aliphatic rings. The van der Waals surface area contributed by atoms with Crippen molar-refractivity contribution in [1.82, 2.24) is 5.32 Å². The van der Waals surface area contributed by atoms with Crippen molar-refractivity contribution in [1.29, 1.82) is 0 Å². The van der Waals surface area contributed by atoms with Gasteiger partial charge in [-0.1, -0.05) is 20.8 Å². The normalized spacial score (nSPS) is 16.4. The Morgan fingerprint density at radius 3 is 2.12 bits per heavy atom. The molecule has 0 radical (unpaired) electrons. The van der Waals surface area contributed by atoms with Gasteiger partial charge in [0.15, 0.2) is 5.78 Å². The minimum Gasteiger partial charge on any atom is -0.353 e. The van der Waals surface area contributed by atoms with Crippen LogP contribution in [0.2, 0.25) is 0 Å². The maximum Gasteiger partial charge on any atom is 0.223 e. The van der Waals surface area contributed by atoms with Gasteiger partial charge in [0.25, 0.3) is 0 Å². The van der Waals surface area contributed by atoms with E-state index in [0.717, 1.165) is 0 Å². The third-order valence-corrected chi connectivity index (χ3v) is 2.99. The molecular weight excluding hydrogens is 218 g/mol. The summed E-state index contributed by atoms with van der Waals surface area (Å²) >= 11 is 0. The van der Waals surface area contributed by atoms with Gasteiger partial charge in [-0.3, -0.25) is 9.59 Å². The van der Waals surface area contributed by atoms with E-state index in [1.165, 1.54) is 0 Å². The standard InChI is InChI=1S/C12H25N3O2/c1-7(2)9(4)15-12(17)8(3)5-11(16)10(14)6-13/h7-10H,5-6,13-14H2,1-4H3,(H,15,17)/t8-,9-,10?/m1/s1. The summed E-state index contributed by atoms with van der Waals surface area (Å²) in [4.78, 5) is 23.3. The highest BCUT2D eigenvalue weighted by molar-refractivity contribution is 5.89. The first kappa shape index (κ1) is 16.1. The van der Waals surface area contributed by atoms with Gasteiger partial charge in [-0.05, 0) is 12.8 Å². The van der Waals surface area contributed by atoms with Crippen molar-refractivity contribution >= 4 is 11.7 Å². The number of Topliss-reactive ketones (excluding diaryl/α,β-unsaturated/α-hetero) is 1. The number of amides is 1. The smallest absolute Gasteiger partial charge is 0.223 e. The van der Waals surface area contributed by atoms with Gasteiger partial charge in [0.05, 0.1) is 6.04 Å². The molecule has 5 N–H and O–H groups in total. The molecule has 5 heteroatoms. The van der Waals surface area contributed by atoms with Gasteiger partial charge in [0.1, 0.15) is 0 Å². The summed E-state index contributed by atoms with van der Waals surface area (Å²) in [6.07, 6.45) is 0.148. The van der Waals surface area contributed by atoms with E-state index in [4.69, 9.17) is 11.5 Å². The van der Waals surface area contributed by atoms with E-state index >= 15 is 0 Å². The molecule has 1 amide bonds. The monoisotopic (exact) mass is 243 g/mol. The minimum absolute atomic E-state index is 0.100. The molecule has 0 aliphatic carbocycles. The lowest BCUT2D eigenvalue weighted by molar-refractivity contribution is -0.129. The average molecular weight is 243 g/mol. The number of nitrogens with one attached hydrogen (secondary N) is 1. The third kappa shape index (κ3) is 5.79. The topological polar surface area (TPSA) is 98.2 Å². The zero-order valence-corrected chi connectivity index (χ0v) is 11.2. The summed E-state index contributed by atoms with van der Waals surface area (Å²) < 4.78 is 0. The lowest BCUT2D eigenvalue weighted by atomic mass is 9.98. The van der Waals surface area contributed by atoms with Crippen LogP contribution in [0.4, 0.5) is 0 Å². The summed E-state index contributed by atoms with van der Waals surface area (Å²) in [5.74, 6) is -0.259. The minimum atomic E-state index is -0.659. The Morgan fingerprint density at radius 1 is 1.18 bits per heavy atom. The zero-order valence-electron chi connectivity index (χ0n) is 11.2. The number of carbonyl (C=O) groups excluding carboxylic acids is 2. The molecular formula is C12H25N3O2. The molecule has 1 unspecified atom stereocenters. The van der Waals surface area contributed by atoms with Gasteiger partial charge in [-0.2, -0.15) is 0 Å². The largest absolute Gasteiger partial charge is 0.353 e. The molecule has 0 rings (SSSR count). The van der Waals surface area contributed by atoms with Gasteiger partial charge in [0, 0.05) is 24.9 Å². The predicted octanol–water partition coefficient (Wildman–Crippen LogP) is 0.0284. The first-order valence-electron chi connectivity index (χ1n) is 6.08.